The van der Waals surface area contributed by atoms with Gasteiger partial charge in [0.15, 0.2) is 0 Å². The van der Waals surface area contributed by atoms with E-state index in [1.165, 1.54) is 0 Å². The number of ether oxygens (including phenoxy) is 1. The highest BCUT2D eigenvalue weighted by Gasteiger charge is 2.15. The first-order valence-electron chi connectivity index (χ1n) is 8.94. The van der Waals surface area contributed by atoms with Crippen LogP contribution in [0.1, 0.15) is 6.42 Å². The Morgan fingerprint density at radius 3 is 2.77 bits per heavy atom. The molecule has 1 aliphatic heterocycles. The molecular weight excluding hydrogens is 368 g/mol. The van der Waals surface area contributed by atoms with Crippen molar-refractivity contribution in [3.63, 3.8) is 0 Å². The monoisotopic (exact) mass is 389 g/mol. The summed E-state index contributed by atoms with van der Waals surface area (Å²) in [7, 11) is 0. The molecule has 26 heavy (non-hydrogen) atoms. The quantitative estimate of drug-likeness (QED) is 0.636. The van der Waals surface area contributed by atoms with Crippen LogP contribution in [-0.4, -0.2) is 49.4 Å². The van der Waals surface area contributed by atoms with Gasteiger partial charge in [-0.15, -0.1) is 11.3 Å². The third-order valence-corrected chi connectivity index (χ3v) is 5.86. The number of hydrogen-bond donors (Lipinski definition) is 2. The zero-order valence-corrected chi connectivity index (χ0v) is 16.1. The van der Waals surface area contributed by atoms with Crippen LogP contribution in [0.25, 0.3) is 21.3 Å². The van der Waals surface area contributed by atoms with Crippen molar-refractivity contribution >= 4 is 39.0 Å². The van der Waals surface area contributed by atoms with E-state index in [1.807, 2.05) is 24.3 Å². The van der Waals surface area contributed by atoms with Crippen molar-refractivity contribution in [2.45, 2.75) is 6.42 Å². The number of halogens is 1. The van der Waals surface area contributed by atoms with E-state index in [9.17, 15) is 0 Å². The first-order chi connectivity index (χ1) is 12.8. The van der Waals surface area contributed by atoms with Gasteiger partial charge in [0.25, 0.3) is 0 Å². The predicted octanol–water partition coefficient (Wildman–Crippen LogP) is 2.73. The molecule has 0 unspecified atom stereocenters. The first-order valence-corrected chi connectivity index (χ1v) is 10.2. The van der Waals surface area contributed by atoms with Crippen LogP contribution in [0.3, 0.4) is 0 Å². The fraction of sp³-hybridized carbons (Fsp3) is 0.368. The van der Waals surface area contributed by atoms with Crippen LogP contribution >= 0.6 is 22.9 Å². The second-order valence-corrected chi connectivity index (χ2v) is 7.75. The van der Waals surface area contributed by atoms with Gasteiger partial charge in [0.2, 0.25) is 0 Å². The number of nitrogens with one attached hydrogen (secondary N) is 2. The number of quaternary nitrogens is 1. The number of fused-ring (bicyclic) bond motifs is 1. The summed E-state index contributed by atoms with van der Waals surface area (Å²) in [5.74, 6) is 0.915. The van der Waals surface area contributed by atoms with Crippen molar-refractivity contribution in [1.82, 2.24) is 9.97 Å². The van der Waals surface area contributed by atoms with Crippen LogP contribution in [0.5, 0.6) is 0 Å². The zero-order valence-electron chi connectivity index (χ0n) is 14.5. The second-order valence-electron chi connectivity index (χ2n) is 6.45. The van der Waals surface area contributed by atoms with Gasteiger partial charge >= 0.3 is 0 Å². The minimum Gasteiger partial charge on any atom is -0.370 e. The maximum atomic E-state index is 6.03. The van der Waals surface area contributed by atoms with Gasteiger partial charge in [0, 0.05) is 28.9 Å². The molecule has 0 saturated carbocycles. The van der Waals surface area contributed by atoms with Crippen molar-refractivity contribution in [1.29, 1.82) is 0 Å². The molecule has 0 spiro atoms. The Kier molecular flexibility index (Phi) is 5.65. The molecule has 3 heterocycles. The molecule has 3 aromatic rings. The van der Waals surface area contributed by atoms with Gasteiger partial charge in [0.1, 0.15) is 30.1 Å². The number of morpholine rings is 1. The lowest BCUT2D eigenvalue weighted by molar-refractivity contribution is -0.908. The summed E-state index contributed by atoms with van der Waals surface area (Å²) in [4.78, 5) is 11.6. The van der Waals surface area contributed by atoms with Crippen molar-refractivity contribution in [2.75, 3.05) is 44.7 Å². The van der Waals surface area contributed by atoms with Gasteiger partial charge in [-0.3, -0.25) is 0 Å². The summed E-state index contributed by atoms with van der Waals surface area (Å²) in [5, 5.41) is 7.50. The average molecular weight is 390 g/mol. The number of rotatable bonds is 6. The summed E-state index contributed by atoms with van der Waals surface area (Å²) >= 11 is 7.67. The Labute approximate surface area is 162 Å². The smallest absolute Gasteiger partial charge is 0.138 e. The van der Waals surface area contributed by atoms with Crippen LogP contribution in [0.4, 0.5) is 5.82 Å². The number of hydrogen-bond acceptors (Lipinski definition) is 5. The van der Waals surface area contributed by atoms with E-state index < -0.39 is 0 Å². The molecule has 0 radical (unpaired) electrons. The fourth-order valence-electron chi connectivity index (χ4n) is 3.31. The second kappa shape index (κ2) is 8.31. The number of anilines is 1. The Bertz CT molecular complexity index is 862. The molecule has 0 amide bonds. The minimum absolute atomic E-state index is 0.744. The lowest BCUT2D eigenvalue weighted by atomic mass is 10.1. The van der Waals surface area contributed by atoms with Crippen LogP contribution in [0.15, 0.2) is 36.0 Å². The normalized spacial score (nSPS) is 15.4. The highest BCUT2D eigenvalue weighted by Crippen LogP contribution is 2.36. The molecule has 1 saturated heterocycles. The Morgan fingerprint density at radius 2 is 1.96 bits per heavy atom. The van der Waals surface area contributed by atoms with E-state index in [1.54, 1.807) is 22.6 Å². The summed E-state index contributed by atoms with van der Waals surface area (Å²) in [6.45, 7) is 6.07. The maximum Gasteiger partial charge on any atom is 0.138 e. The van der Waals surface area contributed by atoms with Crippen molar-refractivity contribution in [3.05, 3.63) is 41.0 Å². The highest BCUT2D eigenvalue weighted by molar-refractivity contribution is 7.17. The van der Waals surface area contributed by atoms with Crippen molar-refractivity contribution in [2.24, 2.45) is 0 Å². The minimum atomic E-state index is 0.744. The zero-order chi connectivity index (χ0) is 17.8. The van der Waals surface area contributed by atoms with Gasteiger partial charge in [-0.05, 0) is 17.7 Å². The molecule has 5 nitrogen and oxygen atoms in total. The number of aromatic nitrogens is 2. The predicted molar refractivity (Wildman–Crippen MR) is 107 cm³/mol. The molecule has 0 bridgehead atoms. The van der Waals surface area contributed by atoms with Gasteiger partial charge in [-0.1, -0.05) is 23.7 Å². The van der Waals surface area contributed by atoms with E-state index in [-0.39, 0.29) is 0 Å². The van der Waals surface area contributed by atoms with Crippen molar-refractivity contribution in [3.8, 4) is 11.1 Å². The Balaban J connectivity index is 1.48. The van der Waals surface area contributed by atoms with E-state index in [0.29, 0.717) is 0 Å². The molecule has 4 rings (SSSR count). The molecule has 1 fully saturated rings. The Hall–Kier alpha value is -1.73. The van der Waals surface area contributed by atoms with Gasteiger partial charge in [0.05, 0.1) is 25.1 Å². The molecule has 2 N–H and O–H groups in total. The molecule has 1 aliphatic rings. The van der Waals surface area contributed by atoms with Crippen LogP contribution in [-0.2, 0) is 4.74 Å². The molecule has 0 aliphatic carbocycles. The van der Waals surface area contributed by atoms with Crippen molar-refractivity contribution < 1.29 is 9.64 Å². The third kappa shape index (κ3) is 3.99. The number of thiophene rings is 1. The van der Waals surface area contributed by atoms with E-state index in [0.717, 1.165) is 78.0 Å². The SMILES string of the molecule is Clc1ccc(-c2csc3ncnc(NCCC[NH+]4CCOCC4)c23)cc1. The molecule has 0 atom stereocenters. The summed E-state index contributed by atoms with van der Waals surface area (Å²) in [6, 6.07) is 7.93. The van der Waals surface area contributed by atoms with E-state index in [4.69, 9.17) is 16.3 Å². The lowest BCUT2D eigenvalue weighted by Crippen LogP contribution is -3.14. The standard InChI is InChI=1S/C19H21ClN4OS/c20-15-4-2-14(3-5-15)16-12-26-19-17(16)18(22-13-23-19)21-6-1-7-24-8-10-25-11-9-24/h2-5,12-13H,1,6-11H2,(H,21,22,23)/p+1. The number of nitrogens with zero attached hydrogens (tertiary/aromatic N) is 2. The topological polar surface area (TPSA) is 51.5 Å². The average Bonchev–Trinajstić information content (AvgIpc) is 3.12. The largest absolute Gasteiger partial charge is 0.370 e. The molecule has 2 aromatic heterocycles. The maximum absolute atomic E-state index is 6.03. The fourth-order valence-corrected chi connectivity index (χ4v) is 4.35. The molecule has 136 valence electrons. The number of benzene rings is 1. The first kappa shape index (κ1) is 17.7. The molecule has 7 heteroatoms. The Morgan fingerprint density at radius 1 is 1.15 bits per heavy atom. The highest BCUT2D eigenvalue weighted by atomic mass is 35.5. The summed E-state index contributed by atoms with van der Waals surface area (Å²) < 4.78 is 5.42. The third-order valence-electron chi connectivity index (χ3n) is 4.72. The van der Waals surface area contributed by atoms with Crippen LogP contribution < -0.4 is 10.2 Å². The van der Waals surface area contributed by atoms with E-state index in [2.05, 4.69) is 20.7 Å². The van der Waals surface area contributed by atoms with E-state index >= 15 is 0 Å². The lowest BCUT2D eigenvalue weighted by Gasteiger charge is -2.23. The van der Waals surface area contributed by atoms with Gasteiger partial charge in [-0.25, -0.2) is 9.97 Å². The summed E-state index contributed by atoms with van der Waals surface area (Å²) in [5.41, 5.74) is 2.29. The van der Waals surface area contributed by atoms with Gasteiger partial charge < -0.3 is 15.0 Å². The molecule has 1 aromatic carbocycles. The van der Waals surface area contributed by atoms with Crippen LogP contribution in [0.2, 0.25) is 5.02 Å². The van der Waals surface area contributed by atoms with Crippen LogP contribution in [0, 0.1) is 0 Å². The summed E-state index contributed by atoms with van der Waals surface area (Å²) in [6.07, 6.45) is 2.75. The van der Waals surface area contributed by atoms with Gasteiger partial charge in [-0.2, -0.15) is 0 Å². The molecular formula is C19H22ClN4OS+.